The number of aromatic nitrogens is 3. The Morgan fingerprint density at radius 1 is 1.27 bits per heavy atom. The van der Waals surface area contributed by atoms with Crippen LogP contribution in [0.1, 0.15) is 5.56 Å². The molecule has 0 atom stereocenters. The van der Waals surface area contributed by atoms with Crippen molar-refractivity contribution in [2.45, 2.75) is 0 Å². The van der Waals surface area contributed by atoms with E-state index in [0.29, 0.717) is 11.4 Å². The predicted octanol–water partition coefficient (Wildman–Crippen LogP) is 1.49. The Balaban J connectivity index is 2.29. The van der Waals surface area contributed by atoms with Gasteiger partial charge in [-0.15, -0.1) is 5.10 Å². The van der Waals surface area contributed by atoms with Crippen LogP contribution >= 0.6 is 0 Å². The standard InChI is InChI=1S/C10H7N5/c11-6-8-3-5-13-15-10(8)14-9-2-1-4-12-7-9/h1-5,7H,(H,14,15). The van der Waals surface area contributed by atoms with E-state index in [4.69, 9.17) is 5.26 Å². The van der Waals surface area contributed by atoms with Crippen molar-refractivity contribution in [3.63, 3.8) is 0 Å². The lowest BCUT2D eigenvalue weighted by Gasteiger charge is -2.04. The first-order valence-corrected chi connectivity index (χ1v) is 4.29. The van der Waals surface area contributed by atoms with Crippen molar-refractivity contribution in [2.24, 2.45) is 0 Å². The molecule has 0 saturated carbocycles. The normalized spacial score (nSPS) is 9.27. The summed E-state index contributed by atoms with van der Waals surface area (Å²) < 4.78 is 0. The van der Waals surface area contributed by atoms with Crippen LogP contribution in [0.25, 0.3) is 0 Å². The van der Waals surface area contributed by atoms with Crippen molar-refractivity contribution in [2.75, 3.05) is 5.32 Å². The Morgan fingerprint density at radius 3 is 2.93 bits per heavy atom. The number of anilines is 2. The van der Waals surface area contributed by atoms with E-state index in [1.807, 2.05) is 12.1 Å². The number of hydrogen-bond acceptors (Lipinski definition) is 5. The SMILES string of the molecule is N#Cc1ccnnc1Nc1cccnc1. The van der Waals surface area contributed by atoms with Crippen molar-refractivity contribution in [1.82, 2.24) is 15.2 Å². The van der Waals surface area contributed by atoms with Crippen LogP contribution in [-0.4, -0.2) is 15.2 Å². The zero-order valence-electron chi connectivity index (χ0n) is 7.75. The molecule has 0 unspecified atom stereocenters. The number of nitriles is 1. The number of hydrogen-bond donors (Lipinski definition) is 1. The molecule has 1 N–H and O–H groups in total. The fraction of sp³-hybridized carbons (Fsp3) is 0. The molecule has 0 saturated heterocycles. The Hall–Kier alpha value is -2.48. The fourth-order valence-corrected chi connectivity index (χ4v) is 1.09. The van der Waals surface area contributed by atoms with Gasteiger partial charge >= 0.3 is 0 Å². The molecular weight excluding hydrogens is 190 g/mol. The Kier molecular flexibility index (Phi) is 2.52. The molecule has 2 aromatic heterocycles. The van der Waals surface area contributed by atoms with Crippen LogP contribution in [0.3, 0.4) is 0 Å². The maximum absolute atomic E-state index is 8.82. The average Bonchev–Trinajstić information content (AvgIpc) is 2.31. The first-order chi connectivity index (χ1) is 7.40. The van der Waals surface area contributed by atoms with Gasteiger partial charge in [-0.25, -0.2) is 0 Å². The van der Waals surface area contributed by atoms with Crippen LogP contribution in [0.5, 0.6) is 0 Å². The van der Waals surface area contributed by atoms with E-state index in [1.54, 1.807) is 24.5 Å². The quantitative estimate of drug-likeness (QED) is 0.789. The number of nitrogens with zero attached hydrogens (tertiary/aromatic N) is 4. The minimum atomic E-state index is 0.438. The first kappa shape index (κ1) is 9.09. The van der Waals surface area contributed by atoms with Crippen molar-refractivity contribution >= 4 is 11.5 Å². The molecule has 0 aliphatic carbocycles. The summed E-state index contributed by atoms with van der Waals surface area (Å²) in [5, 5.41) is 19.3. The second kappa shape index (κ2) is 4.15. The van der Waals surface area contributed by atoms with E-state index in [9.17, 15) is 0 Å². The summed E-state index contributed by atoms with van der Waals surface area (Å²) in [6.45, 7) is 0. The Bertz CT molecular complexity index is 489. The van der Waals surface area contributed by atoms with Gasteiger partial charge in [-0.2, -0.15) is 10.4 Å². The Morgan fingerprint density at radius 2 is 2.20 bits per heavy atom. The van der Waals surface area contributed by atoms with Crippen molar-refractivity contribution < 1.29 is 0 Å². The van der Waals surface area contributed by atoms with Gasteiger partial charge in [-0.3, -0.25) is 4.98 Å². The van der Waals surface area contributed by atoms with E-state index >= 15 is 0 Å². The summed E-state index contributed by atoms with van der Waals surface area (Å²) in [5.41, 5.74) is 1.23. The number of rotatable bonds is 2. The number of pyridine rings is 1. The molecule has 15 heavy (non-hydrogen) atoms. The van der Waals surface area contributed by atoms with Crippen molar-refractivity contribution in [1.29, 1.82) is 5.26 Å². The largest absolute Gasteiger partial charge is 0.336 e. The fourth-order valence-electron chi connectivity index (χ4n) is 1.09. The lowest BCUT2D eigenvalue weighted by atomic mass is 10.3. The maximum atomic E-state index is 8.82. The van der Waals surface area contributed by atoms with Gasteiger partial charge in [0.1, 0.15) is 6.07 Å². The molecule has 0 fully saturated rings. The monoisotopic (exact) mass is 197 g/mol. The average molecular weight is 197 g/mol. The summed E-state index contributed by atoms with van der Waals surface area (Å²) in [5.74, 6) is 0.438. The molecule has 5 nitrogen and oxygen atoms in total. The molecule has 0 bridgehead atoms. The van der Waals surface area contributed by atoms with Gasteiger partial charge < -0.3 is 5.32 Å². The van der Waals surface area contributed by atoms with Crippen LogP contribution in [-0.2, 0) is 0 Å². The van der Waals surface area contributed by atoms with E-state index in [1.165, 1.54) is 6.20 Å². The summed E-state index contributed by atoms with van der Waals surface area (Å²) in [4.78, 5) is 3.94. The molecule has 0 aliphatic rings. The lowest BCUT2D eigenvalue weighted by Crippen LogP contribution is -1.98. The van der Waals surface area contributed by atoms with Crippen molar-refractivity contribution in [3.8, 4) is 6.07 Å². The van der Waals surface area contributed by atoms with E-state index in [2.05, 4.69) is 20.5 Å². The highest BCUT2D eigenvalue weighted by atomic mass is 15.2. The minimum Gasteiger partial charge on any atom is -0.336 e. The zero-order valence-corrected chi connectivity index (χ0v) is 7.75. The van der Waals surface area contributed by atoms with Gasteiger partial charge in [0, 0.05) is 6.20 Å². The van der Waals surface area contributed by atoms with Gasteiger partial charge in [-0.05, 0) is 18.2 Å². The molecule has 0 spiro atoms. The van der Waals surface area contributed by atoms with Gasteiger partial charge in [0.25, 0.3) is 0 Å². The second-order valence-corrected chi connectivity index (χ2v) is 2.77. The van der Waals surface area contributed by atoms with E-state index in [-0.39, 0.29) is 0 Å². The van der Waals surface area contributed by atoms with Gasteiger partial charge in [0.15, 0.2) is 5.82 Å². The summed E-state index contributed by atoms with van der Waals surface area (Å²) >= 11 is 0. The highest BCUT2D eigenvalue weighted by molar-refractivity contribution is 5.60. The summed E-state index contributed by atoms with van der Waals surface area (Å²) in [6.07, 6.45) is 4.80. The molecule has 0 aliphatic heterocycles. The van der Waals surface area contributed by atoms with Crippen LogP contribution in [0.2, 0.25) is 0 Å². The van der Waals surface area contributed by atoms with E-state index in [0.717, 1.165) is 5.69 Å². The van der Waals surface area contributed by atoms with E-state index < -0.39 is 0 Å². The van der Waals surface area contributed by atoms with Crippen LogP contribution in [0, 0.1) is 11.3 Å². The van der Waals surface area contributed by atoms with Gasteiger partial charge in [-0.1, -0.05) is 0 Å². The third-order valence-electron chi connectivity index (χ3n) is 1.77. The van der Waals surface area contributed by atoms with Gasteiger partial charge in [0.05, 0.1) is 23.6 Å². The second-order valence-electron chi connectivity index (χ2n) is 2.77. The third kappa shape index (κ3) is 2.06. The molecule has 0 radical (unpaired) electrons. The van der Waals surface area contributed by atoms with Crippen molar-refractivity contribution in [3.05, 3.63) is 42.4 Å². The van der Waals surface area contributed by atoms with Crippen LogP contribution in [0.4, 0.5) is 11.5 Å². The molecular formula is C10H7N5. The molecule has 5 heteroatoms. The summed E-state index contributed by atoms with van der Waals surface area (Å²) in [6, 6.07) is 7.27. The topological polar surface area (TPSA) is 74.5 Å². The van der Waals surface area contributed by atoms with Crippen LogP contribution in [0.15, 0.2) is 36.8 Å². The molecule has 0 amide bonds. The zero-order chi connectivity index (χ0) is 10.5. The minimum absolute atomic E-state index is 0.438. The number of nitrogens with one attached hydrogen (secondary N) is 1. The first-order valence-electron chi connectivity index (χ1n) is 4.29. The smallest absolute Gasteiger partial charge is 0.171 e. The molecule has 2 rings (SSSR count). The summed E-state index contributed by atoms with van der Waals surface area (Å²) in [7, 11) is 0. The molecule has 2 aromatic rings. The van der Waals surface area contributed by atoms with Crippen LogP contribution < -0.4 is 5.32 Å². The lowest BCUT2D eigenvalue weighted by molar-refractivity contribution is 1.03. The predicted molar refractivity (Wildman–Crippen MR) is 54.3 cm³/mol. The van der Waals surface area contributed by atoms with Gasteiger partial charge in [0.2, 0.25) is 0 Å². The highest BCUT2D eigenvalue weighted by Crippen LogP contribution is 2.15. The highest BCUT2D eigenvalue weighted by Gasteiger charge is 2.02. The molecule has 2 heterocycles. The maximum Gasteiger partial charge on any atom is 0.171 e. The Labute approximate surface area is 86.4 Å². The third-order valence-corrected chi connectivity index (χ3v) is 1.77. The molecule has 0 aromatic carbocycles. The molecule has 72 valence electrons.